The van der Waals surface area contributed by atoms with Crippen LogP contribution in [-0.4, -0.2) is 75.8 Å². The fourth-order valence-corrected chi connectivity index (χ4v) is 10.0. The topological polar surface area (TPSA) is 232 Å². The Bertz CT molecular complexity index is 2760. The Balaban J connectivity index is 0.000000127. The van der Waals surface area contributed by atoms with Crippen molar-refractivity contribution in [2.75, 3.05) is 43.3 Å². The number of carbonyl (C=O) groups excluding carboxylic acids is 1. The van der Waals surface area contributed by atoms with Gasteiger partial charge >= 0.3 is 16.1 Å². The highest BCUT2D eigenvalue weighted by molar-refractivity contribution is 7.90. The van der Waals surface area contributed by atoms with Crippen LogP contribution in [0.15, 0.2) is 75.6 Å². The highest BCUT2D eigenvalue weighted by Crippen LogP contribution is 2.42. The van der Waals surface area contributed by atoms with E-state index in [9.17, 15) is 26.7 Å². The number of nitrogen functional groups attached to an aromatic ring is 1. The summed E-state index contributed by atoms with van der Waals surface area (Å²) in [6.07, 6.45) is 18.3. The molecule has 5 aromatic rings. The van der Waals surface area contributed by atoms with Gasteiger partial charge in [-0.25, -0.2) is 14.1 Å². The lowest BCUT2D eigenvalue weighted by Crippen LogP contribution is -2.51. The number of nitrogens with zero attached hydrogens (tertiary/aromatic N) is 7. The SMILES string of the molecule is CN(C)c1cc[n+](C([O-])=NS(=O)(=O)c2ccn(C3CC3)n2)cc1.Nc1c2c(cc3c1CCO3)CCC2.O=C(Nc1c2c(cc3c1CCO3)CCC2)NS(=O)(=O)c1ccn(C2CC2)n1. The number of hydrogen-bond donors (Lipinski definition) is 3. The number of amides is 2. The van der Waals surface area contributed by atoms with Gasteiger partial charge in [-0.15, -0.1) is 0 Å². The van der Waals surface area contributed by atoms with E-state index in [-0.39, 0.29) is 22.1 Å². The second kappa shape index (κ2) is 16.9. The van der Waals surface area contributed by atoms with Gasteiger partial charge in [0, 0.05) is 78.4 Å². The fourth-order valence-electron chi connectivity index (χ4n) is 8.36. The van der Waals surface area contributed by atoms with Crippen molar-refractivity contribution in [1.82, 2.24) is 24.3 Å². The number of aryl methyl sites for hydroxylation is 2. The Hall–Kier alpha value is -6.15. The van der Waals surface area contributed by atoms with Crippen molar-refractivity contribution < 1.29 is 40.8 Å². The molecule has 2 amide bonds. The van der Waals surface area contributed by atoms with E-state index in [1.54, 1.807) is 33.9 Å². The van der Waals surface area contributed by atoms with Crippen LogP contribution in [0, 0.1) is 0 Å². The molecule has 2 aromatic carbocycles. The molecule has 2 saturated carbocycles. The van der Waals surface area contributed by atoms with Crippen LogP contribution in [0.3, 0.4) is 0 Å². The van der Waals surface area contributed by atoms with Crippen molar-refractivity contribution in [2.45, 2.75) is 99.2 Å². The van der Waals surface area contributed by atoms with E-state index in [1.165, 1.54) is 54.1 Å². The molecule has 11 rings (SSSR count). The molecule has 6 aliphatic rings. The first-order valence-electron chi connectivity index (χ1n) is 21.3. The zero-order valence-corrected chi connectivity index (χ0v) is 36.8. The first-order chi connectivity index (χ1) is 30.2. The Morgan fingerprint density at radius 3 is 1.97 bits per heavy atom. The zero-order valence-electron chi connectivity index (χ0n) is 35.1. The molecule has 0 atom stereocenters. The number of fused-ring (bicyclic) bond motifs is 4. The smallest absolute Gasteiger partial charge is 0.388 e. The minimum absolute atomic E-state index is 0.142. The van der Waals surface area contributed by atoms with Crippen molar-refractivity contribution in [2.24, 2.45) is 4.40 Å². The van der Waals surface area contributed by atoms with Gasteiger partial charge in [0.1, 0.15) is 11.5 Å². The second-order valence-electron chi connectivity index (χ2n) is 16.7. The number of hydrogen-bond acceptors (Lipinski definition) is 12. The first-order valence-corrected chi connectivity index (χ1v) is 24.2. The average Bonchev–Trinajstić information content (AvgIpc) is 3.75. The van der Waals surface area contributed by atoms with Gasteiger partial charge in [-0.3, -0.25) is 9.36 Å². The summed E-state index contributed by atoms with van der Waals surface area (Å²) in [5.41, 5.74) is 16.0. The number of nitrogens with one attached hydrogen (secondary N) is 2. The molecule has 0 spiro atoms. The van der Waals surface area contributed by atoms with Crippen molar-refractivity contribution >= 4 is 49.2 Å². The van der Waals surface area contributed by atoms with Gasteiger partial charge in [0.2, 0.25) is 5.03 Å². The average molecular weight is 899 g/mol. The number of nitrogens with two attached hydrogens (primary N) is 1. The molecule has 0 radical (unpaired) electrons. The minimum Gasteiger partial charge on any atom is -0.806 e. The van der Waals surface area contributed by atoms with E-state index in [1.807, 2.05) is 19.0 Å². The number of anilines is 3. The highest BCUT2D eigenvalue weighted by atomic mass is 32.2. The van der Waals surface area contributed by atoms with E-state index in [4.69, 9.17) is 15.2 Å². The quantitative estimate of drug-likeness (QED) is 0.0881. The maximum absolute atomic E-state index is 12.5. The van der Waals surface area contributed by atoms with Crippen molar-refractivity contribution in [1.29, 1.82) is 0 Å². The predicted octanol–water partition coefficient (Wildman–Crippen LogP) is 3.37. The van der Waals surface area contributed by atoms with Crippen molar-refractivity contribution in [3.8, 4) is 11.5 Å². The first kappa shape index (κ1) is 42.2. The van der Waals surface area contributed by atoms with Crippen LogP contribution in [-0.2, 0) is 58.6 Å². The summed E-state index contributed by atoms with van der Waals surface area (Å²) >= 11 is 0. The van der Waals surface area contributed by atoms with E-state index in [2.05, 4.69) is 36.8 Å². The third kappa shape index (κ3) is 9.04. The summed E-state index contributed by atoms with van der Waals surface area (Å²) in [6, 6.07) is 9.31. The van der Waals surface area contributed by atoms with Crippen LogP contribution in [0.1, 0.15) is 84.0 Å². The molecule has 18 nitrogen and oxygen atoms in total. The van der Waals surface area contributed by atoms with Crippen molar-refractivity contribution in [3.63, 3.8) is 0 Å². The lowest BCUT2D eigenvalue weighted by Gasteiger charge is -2.15. The summed E-state index contributed by atoms with van der Waals surface area (Å²) in [4.78, 5) is 14.3. The van der Waals surface area contributed by atoms with E-state index in [0.717, 1.165) is 109 Å². The summed E-state index contributed by atoms with van der Waals surface area (Å²) in [6.45, 7) is 1.38. The molecular formula is C43H50N10O8S2. The number of benzene rings is 2. The Kier molecular flexibility index (Phi) is 11.3. The summed E-state index contributed by atoms with van der Waals surface area (Å²) < 4.78 is 70.2. The molecule has 63 heavy (non-hydrogen) atoms. The minimum atomic E-state index is -4.11. The van der Waals surface area contributed by atoms with Crippen LogP contribution in [0.4, 0.5) is 21.9 Å². The summed E-state index contributed by atoms with van der Waals surface area (Å²) in [5.74, 6) is 1.83. The van der Waals surface area contributed by atoms with Gasteiger partial charge in [-0.2, -0.15) is 27.0 Å². The van der Waals surface area contributed by atoms with Crippen LogP contribution >= 0.6 is 0 Å². The molecule has 332 valence electrons. The van der Waals surface area contributed by atoms with Crippen LogP contribution in [0.25, 0.3) is 0 Å². The normalized spacial score (nSPS) is 17.1. The largest absolute Gasteiger partial charge is 0.806 e. The van der Waals surface area contributed by atoms with Crippen molar-refractivity contribution in [3.05, 3.63) is 94.6 Å². The van der Waals surface area contributed by atoms with Crippen LogP contribution in [0.2, 0.25) is 0 Å². The van der Waals surface area contributed by atoms with Crippen LogP contribution in [0.5, 0.6) is 11.5 Å². The lowest BCUT2D eigenvalue weighted by molar-refractivity contribution is -0.613. The molecule has 0 unspecified atom stereocenters. The van der Waals surface area contributed by atoms with Gasteiger partial charge in [0.25, 0.3) is 16.0 Å². The predicted molar refractivity (Wildman–Crippen MR) is 231 cm³/mol. The summed E-state index contributed by atoms with van der Waals surface area (Å²) in [5, 5.41) is 22.5. The number of rotatable bonds is 8. The molecule has 3 aromatic heterocycles. The van der Waals surface area contributed by atoms with E-state index in [0.29, 0.717) is 18.7 Å². The van der Waals surface area contributed by atoms with E-state index >= 15 is 0 Å². The van der Waals surface area contributed by atoms with Gasteiger partial charge in [0.15, 0.2) is 5.03 Å². The number of urea groups is 1. The summed E-state index contributed by atoms with van der Waals surface area (Å²) in [7, 11) is -4.39. The maximum Gasteiger partial charge on any atom is 0.388 e. The van der Waals surface area contributed by atoms with E-state index < -0.39 is 32.1 Å². The third-order valence-corrected chi connectivity index (χ3v) is 14.3. The van der Waals surface area contributed by atoms with Gasteiger partial charge in [-0.05, 0) is 111 Å². The van der Waals surface area contributed by atoms with Gasteiger partial charge < -0.3 is 30.5 Å². The Morgan fingerprint density at radius 1 is 0.794 bits per heavy atom. The standard InChI is InChI=1S/C18H20N4O4S.C14H17N5O3S.C11H13NO/c23-18(21-27(24,25)16-6-8-22(20-16)12-4-5-12)19-17-13-3-1-2-11(13)10-15-14(17)7-9-26-15;1-17(2)11-5-8-18(9-6-11)14(20)16-23(21,22)13-7-10-19(15-13)12-3-4-12;12-11-8-3-1-2-7(8)6-10-9(11)4-5-13-10/h6,8,10,12H,1-5,7,9H2,(H2,19,21,23);5-10,12H,3-4H2,1-2H3;6H,1-5,12H2. The third-order valence-electron chi connectivity index (χ3n) is 12.0. The zero-order chi connectivity index (χ0) is 44.0. The highest BCUT2D eigenvalue weighted by Gasteiger charge is 2.31. The van der Waals surface area contributed by atoms with Crippen LogP contribution < -0.4 is 39.8 Å². The second-order valence-corrected chi connectivity index (χ2v) is 19.9. The lowest BCUT2D eigenvalue weighted by atomic mass is 10.0. The van der Waals surface area contributed by atoms with Gasteiger partial charge in [-0.1, -0.05) is 0 Å². The number of aromatic nitrogens is 5. The molecule has 0 saturated heterocycles. The number of sulfonamides is 2. The molecular weight excluding hydrogens is 849 g/mol. The fraction of sp³-hybridized carbons (Fsp3) is 0.419. The molecule has 5 heterocycles. The monoisotopic (exact) mass is 898 g/mol. The molecule has 4 aliphatic carbocycles. The number of carbonyl (C=O) groups is 1. The Labute approximate surface area is 365 Å². The molecule has 4 N–H and O–H groups in total. The molecule has 20 heteroatoms. The Morgan fingerprint density at radius 2 is 1.35 bits per heavy atom. The number of pyridine rings is 1. The van der Waals surface area contributed by atoms with Gasteiger partial charge in [0.05, 0.1) is 43.4 Å². The molecule has 2 fully saturated rings. The molecule has 0 bridgehead atoms. The number of ether oxygens (including phenoxy) is 2. The molecule has 2 aliphatic heterocycles. The maximum atomic E-state index is 12.5.